The highest BCUT2D eigenvalue weighted by Crippen LogP contribution is 2.35. The first-order chi connectivity index (χ1) is 16.2. The Morgan fingerprint density at radius 1 is 1.18 bits per heavy atom. The summed E-state index contributed by atoms with van der Waals surface area (Å²) in [5.74, 6) is -0.418. The summed E-state index contributed by atoms with van der Waals surface area (Å²) in [6.07, 6.45) is 0.628. The van der Waals surface area contributed by atoms with Gasteiger partial charge in [-0.05, 0) is 49.2 Å². The predicted octanol–water partition coefficient (Wildman–Crippen LogP) is 4.33. The number of rotatable bonds is 7. The van der Waals surface area contributed by atoms with E-state index in [4.69, 9.17) is 16.3 Å². The molecule has 0 atom stereocenters. The van der Waals surface area contributed by atoms with Gasteiger partial charge >= 0.3 is 0 Å². The van der Waals surface area contributed by atoms with Gasteiger partial charge in [-0.2, -0.15) is 0 Å². The number of fused-ring (bicyclic) bond motifs is 1. The lowest BCUT2D eigenvalue weighted by molar-refractivity contribution is -0.385. The summed E-state index contributed by atoms with van der Waals surface area (Å²) < 4.78 is 33.1. The fraction of sp³-hybridized carbons (Fsp3) is 0.174. The number of para-hydroxylation sites is 1. The number of nitro benzene ring substituents is 1. The first-order valence-corrected chi connectivity index (χ1v) is 12.1. The molecule has 1 amide bonds. The summed E-state index contributed by atoms with van der Waals surface area (Å²) in [4.78, 5) is 22.8. The number of halogens is 1. The number of hydrogen-bond donors (Lipinski definition) is 1. The predicted molar refractivity (Wildman–Crippen MR) is 128 cm³/mol. The van der Waals surface area contributed by atoms with Crippen LogP contribution in [0.2, 0.25) is 5.02 Å². The second-order valence-electron chi connectivity index (χ2n) is 7.59. The lowest BCUT2D eigenvalue weighted by Gasteiger charge is -2.20. The van der Waals surface area contributed by atoms with Crippen LogP contribution in [0, 0.1) is 17.0 Å². The molecule has 34 heavy (non-hydrogen) atoms. The number of amides is 1. The van der Waals surface area contributed by atoms with E-state index in [2.05, 4.69) is 5.32 Å². The van der Waals surface area contributed by atoms with Crippen molar-refractivity contribution in [3.63, 3.8) is 0 Å². The van der Waals surface area contributed by atoms with Crippen molar-refractivity contribution >= 4 is 44.6 Å². The van der Waals surface area contributed by atoms with Gasteiger partial charge in [-0.3, -0.25) is 19.2 Å². The number of nitrogens with one attached hydrogen (secondary N) is 1. The molecule has 0 aromatic heterocycles. The molecule has 3 aromatic rings. The van der Waals surface area contributed by atoms with E-state index in [1.807, 2.05) is 12.1 Å². The molecule has 3 aromatic carbocycles. The van der Waals surface area contributed by atoms with E-state index in [1.54, 1.807) is 18.2 Å². The first-order valence-electron chi connectivity index (χ1n) is 10.3. The average Bonchev–Trinajstić information content (AvgIpc) is 3.24. The molecule has 1 aliphatic rings. The number of carbonyl (C=O) groups excluding carboxylic acids is 1. The molecule has 4 rings (SSSR count). The number of benzene rings is 3. The molecule has 1 heterocycles. The van der Waals surface area contributed by atoms with Crippen LogP contribution in [0.5, 0.6) is 5.75 Å². The smallest absolute Gasteiger partial charge is 0.274 e. The van der Waals surface area contributed by atoms with Crippen molar-refractivity contribution in [2.24, 2.45) is 0 Å². The quantitative estimate of drug-likeness (QED) is 0.380. The van der Waals surface area contributed by atoms with Gasteiger partial charge in [0.1, 0.15) is 5.75 Å². The van der Waals surface area contributed by atoms with Crippen LogP contribution in [0.3, 0.4) is 0 Å². The van der Waals surface area contributed by atoms with Crippen LogP contribution in [0.15, 0.2) is 65.6 Å². The van der Waals surface area contributed by atoms with E-state index in [-0.39, 0.29) is 21.4 Å². The molecule has 0 radical (unpaired) electrons. The number of carbonyl (C=O) groups is 1. The molecular weight excluding hydrogens is 482 g/mol. The van der Waals surface area contributed by atoms with Gasteiger partial charge < -0.3 is 10.1 Å². The van der Waals surface area contributed by atoms with Crippen LogP contribution < -0.4 is 14.4 Å². The van der Waals surface area contributed by atoms with Gasteiger partial charge in [0.2, 0.25) is 0 Å². The van der Waals surface area contributed by atoms with E-state index in [9.17, 15) is 23.3 Å². The van der Waals surface area contributed by atoms with E-state index in [0.29, 0.717) is 29.9 Å². The summed E-state index contributed by atoms with van der Waals surface area (Å²) >= 11 is 6.25. The van der Waals surface area contributed by atoms with Gasteiger partial charge in [0.15, 0.2) is 6.61 Å². The second kappa shape index (κ2) is 9.32. The summed E-state index contributed by atoms with van der Waals surface area (Å²) in [5, 5.41) is 13.7. The van der Waals surface area contributed by atoms with Gasteiger partial charge in [-0.1, -0.05) is 35.9 Å². The first kappa shape index (κ1) is 23.5. The molecule has 0 unspecified atom stereocenters. The lowest BCUT2D eigenvalue weighted by Crippen LogP contribution is -2.29. The zero-order valence-corrected chi connectivity index (χ0v) is 19.6. The van der Waals surface area contributed by atoms with E-state index in [1.165, 1.54) is 41.6 Å². The summed E-state index contributed by atoms with van der Waals surface area (Å²) in [6.45, 7) is 1.45. The third-order valence-corrected chi connectivity index (χ3v) is 7.58. The Kier molecular flexibility index (Phi) is 6.45. The number of anilines is 2. The summed E-state index contributed by atoms with van der Waals surface area (Å²) in [6, 6.07) is 15.7. The Morgan fingerprint density at radius 2 is 1.94 bits per heavy atom. The fourth-order valence-electron chi connectivity index (χ4n) is 3.73. The molecule has 0 fully saturated rings. The van der Waals surface area contributed by atoms with Gasteiger partial charge in [-0.15, -0.1) is 0 Å². The van der Waals surface area contributed by atoms with Crippen LogP contribution in [0.4, 0.5) is 17.1 Å². The van der Waals surface area contributed by atoms with Crippen molar-refractivity contribution in [3.8, 4) is 5.75 Å². The molecule has 1 N–H and O–H groups in total. The molecule has 0 saturated carbocycles. The largest absolute Gasteiger partial charge is 0.482 e. The van der Waals surface area contributed by atoms with Crippen LogP contribution >= 0.6 is 11.6 Å². The fourth-order valence-corrected chi connectivity index (χ4v) is 5.56. The SMILES string of the molecule is Cc1c(NC(=O)COc2ccc(S(=O)(=O)N3CCc4ccccc43)cc2Cl)cccc1[N+](=O)[O-]. The molecule has 0 bridgehead atoms. The van der Waals surface area contributed by atoms with Crippen molar-refractivity contribution in [2.45, 2.75) is 18.2 Å². The third kappa shape index (κ3) is 4.55. The number of nitrogens with zero attached hydrogens (tertiary/aromatic N) is 2. The maximum Gasteiger partial charge on any atom is 0.274 e. The van der Waals surface area contributed by atoms with Gasteiger partial charge in [0.05, 0.1) is 31.8 Å². The third-order valence-electron chi connectivity index (χ3n) is 5.47. The van der Waals surface area contributed by atoms with Crippen molar-refractivity contribution in [1.82, 2.24) is 0 Å². The van der Waals surface area contributed by atoms with Crippen LogP contribution in [0.1, 0.15) is 11.1 Å². The van der Waals surface area contributed by atoms with E-state index in [0.717, 1.165) is 5.56 Å². The van der Waals surface area contributed by atoms with Crippen molar-refractivity contribution in [3.05, 3.63) is 86.9 Å². The highest BCUT2D eigenvalue weighted by molar-refractivity contribution is 7.92. The zero-order valence-electron chi connectivity index (χ0n) is 18.0. The molecule has 176 valence electrons. The Morgan fingerprint density at radius 3 is 2.68 bits per heavy atom. The number of sulfonamides is 1. The minimum absolute atomic E-state index is 0.0122. The maximum absolute atomic E-state index is 13.2. The standard InChI is InChI=1S/C23H20ClN3O6S/c1-15-19(6-4-8-20(15)27(29)30)25-23(28)14-33-22-10-9-17(13-18(22)24)34(31,32)26-12-11-16-5-2-3-7-21(16)26/h2-10,13H,11-12,14H2,1H3,(H,25,28). The summed E-state index contributed by atoms with van der Waals surface area (Å²) in [5.41, 5.74) is 2.10. The molecule has 11 heteroatoms. The minimum atomic E-state index is -3.82. The molecule has 0 spiro atoms. The van der Waals surface area contributed by atoms with Crippen molar-refractivity contribution in [2.75, 3.05) is 22.8 Å². The van der Waals surface area contributed by atoms with Crippen molar-refractivity contribution < 1.29 is 22.9 Å². The van der Waals surface area contributed by atoms with Gasteiger partial charge in [0, 0.05) is 12.6 Å². The molecular formula is C23H20ClN3O6S. The van der Waals surface area contributed by atoms with Crippen LogP contribution in [0.25, 0.3) is 0 Å². The van der Waals surface area contributed by atoms with Gasteiger partial charge in [-0.25, -0.2) is 8.42 Å². The average molecular weight is 502 g/mol. The Bertz CT molecular complexity index is 1390. The molecule has 0 saturated heterocycles. The Balaban J connectivity index is 1.45. The number of nitro groups is 1. The van der Waals surface area contributed by atoms with Crippen molar-refractivity contribution in [1.29, 1.82) is 0 Å². The van der Waals surface area contributed by atoms with Crippen LogP contribution in [-0.2, 0) is 21.2 Å². The lowest BCUT2D eigenvalue weighted by atomic mass is 10.1. The molecule has 9 nitrogen and oxygen atoms in total. The van der Waals surface area contributed by atoms with Crippen LogP contribution in [-0.4, -0.2) is 32.4 Å². The Hall–Kier alpha value is -3.63. The number of ether oxygens (including phenoxy) is 1. The van der Waals surface area contributed by atoms with E-state index < -0.39 is 27.5 Å². The molecule has 1 aliphatic heterocycles. The highest BCUT2D eigenvalue weighted by Gasteiger charge is 2.31. The Labute approximate surface area is 201 Å². The normalized spacial score (nSPS) is 12.8. The van der Waals surface area contributed by atoms with Gasteiger partial charge in [0.25, 0.3) is 21.6 Å². The topological polar surface area (TPSA) is 119 Å². The molecule has 0 aliphatic carbocycles. The maximum atomic E-state index is 13.2. The second-order valence-corrected chi connectivity index (χ2v) is 9.86. The van der Waals surface area contributed by atoms with E-state index >= 15 is 0 Å². The zero-order chi connectivity index (χ0) is 24.5. The summed E-state index contributed by atoms with van der Waals surface area (Å²) in [7, 11) is -3.82. The highest BCUT2D eigenvalue weighted by atomic mass is 35.5. The monoisotopic (exact) mass is 501 g/mol. The number of hydrogen-bond acceptors (Lipinski definition) is 6. The minimum Gasteiger partial charge on any atom is -0.482 e.